The molecule has 0 saturated carbocycles. The number of carbonyl (C=O) groups is 1. The maximum absolute atomic E-state index is 12.1. The minimum absolute atomic E-state index is 0.322. The van der Waals surface area contributed by atoms with Gasteiger partial charge in [0.15, 0.2) is 0 Å². The number of hydrogen-bond acceptors (Lipinski definition) is 3. The van der Waals surface area contributed by atoms with E-state index in [-0.39, 0.29) is 0 Å². The van der Waals surface area contributed by atoms with Crippen molar-refractivity contribution in [2.24, 2.45) is 0 Å². The number of aryl methyl sites for hydroxylation is 1. The van der Waals surface area contributed by atoms with E-state index in [4.69, 9.17) is 4.74 Å². The molecular weight excluding hydrogens is 250 g/mol. The Bertz CT molecular complexity index is 781. The zero-order chi connectivity index (χ0) is 13.9. The van der Waals surface area contributed by atoms with Crippen molar-refractivity contribution in [1.29, 1.82) is 0 Å². The van der Waals surface area contributed by atoms with Crippen LogP contribution in [0.4, 0.5) is 0 Å². The van der Waals surface area contributed by atoms with Gasteiger partial charge in [0.25, 0.3) is 0 Å². The largest absolute Gasteiger partial charge is 0.404 e. The fourth-order valence-corrected chi connectivity index (χ4v) is 2.05. The third-order valence-corrected chi connectivity index (χ3v) is 3.05. The molecule has 0 atom stereocenters. The van der Waals surface area contributed by atoms with Crippen molar-refractivity contribution in [3.8, 4) is 5.88 Å². The van der Waals surface area contributed by atoms with Crippen LogP contribution in [0.25, 0.3) is 10.8 Å². The second-order valence-electron chi connectivity index (χ2n) is 4.57. The van der Waals surface area contributed by atoms with Crippen molar-refractivity contribution >= 4 is 16.7 Å². The van der Waals surface area contributed by atoms with Crippen LogP contribution >= 0.6 is 0 Å². The predicted octanol–water partition coefficient (Wildman–Crippen LogP) is 3.76. The van der Waals surface area contributed by atoms with Crippen molar-refractivity contribution in [3.05, 3.63) is 71.9 Å². The molecule has 1 heterocycles. The Kier molecular flexibility index (Phi) is 3.17. The number of ether oxygens (including phenoxy) is 1. The van der Waals surface area contributed by atoms with Crippen LogP contribution in [0, 0.1) is 6.92 Å². The molecule has 0 aliphatic rings. The van der Waals surface area contributed by atoms with Gasteiger partial charge in [-0.2, -0.15) is 0 Å². The number of hydrogen-bond donors (Lipinski definition) is 0. The van der Waals surface area contributed by atoms with Gasteiger partial charge >= 0.3 is 5.97 Å². The third-order valence-electron chi connectivity index (χ3n) is 3.05. The zero-order valence-corrected chi connectivity index (χ0v) is 11.0. The summed E-state index contributed by atoms with van der Waals surface area (Å²) in [6.07, 6.45) is 0. The number of rotatable bonds is 2. The summed E-state index contributed by atoms with van der Waals surface area (Å²) in [5, 5.41) is 2.11. The molecule has 0 saturated heterocycles. The minimum Gasteiger partial charge on any atom is -0.404 e. The van der Waals surface area contributed by atoms with Crippen LogP contribution in [0.1, 0.15) is 16.1 Å². The van der Waals surface area contributed by atoms with Crippen molar-refractivity contribution in [2.45, 2.75) is 6.92 Å². The lowest BCUT2D eigenvalue weighted by atomic mass is 10.1. The van der Waals surface area contributed by atoms with E-state index in [1.165, 1.54) is 0 Å². The Balaban J connectivity index is 1.88. The molecule has 0 N–H and O–H groups in total. The highest BCUT2D eigenvalue weighted by Crippen LogP contribution is 2.17. The number of pyridine rings is 1. The summed E-state index contributed by atoms with van der Waals surface area (Å²) in [6, 6.07) is 18.7. The zero-order valence-electron chi connectivity index (χ0n) is 11.0. The van der Waals surface area contributed by atoms with Gasteiger partial charge in [-0.25, -0.2) is 9.78 Å². The Morgan fingerprint density at radius 2 is 1.75 bits per heavy atom. The van der Waals surface area contributed by atoms with Crippen LogP contribution in [0.2, 0.25) is 0 Å². The van der Waals surface area contributed by atoms with Crippen LogP contribution in [0.3, 0.4) is 0 Å². The molecule has 2 aromatic carbocycles. The monoisotopic (exact) mass is 263 g/mol. The summed E-state index contributed by atoms with van der Waals surface area (Å²) >= 11 is 0. The Morgan fingerprint density at radius 1 is 0.950 bits per heavy atom. The average Bonchev–Trinajstić information content (AvgIpc) is 2.47. The van der Waals surface area contributed by atoms with E-state index in [1.807, 2.05) is 55.5 Å². The molecule has 0 radical (unpaired) electrons. The van der Waals surface area contributed by atoms with Gasteiger partial charge in [-0.05, 0) is 35.9 Å². The molecule has 0 fully saturated rings. The van der Waals surface area contributed by atoms with Crippen molar-refractivity contribution in [2.75, 3.05) is 0 Å². The van der Waals surface area contributed by atoms with E-state index in [9.17, 15) is 4.79 Å². The molecule has 1 aromatic heterocycles. The molecule has 3 nitrogen and oxygen atoms in total. The number of carbonyl (C=O) groups excluding carboxylic acids is 1. The normalized spacial score (nSPS) is 10.4. The number of fused-ring (bicyclic) bond motifs is 1. The summed E-state index contributed by atoms with van der Waals surface area (Å²) in [5.74, 6) is -0.0722. The molecule has 0 amide bonds. The van der Waals surface area contributed by atoms with Crippen molar-refractivity contribution in [1.82, 2.24) is 4.98 Å². The van der Waals surface area contributed by atoms with E-state index in [2.05, 4.69) is 4.98 Å². The molecule has 0 aliphatic heterocycles. The Morgan fingerprint density at radius 3 is 2.55 bits per heavy atom. The van der Waals surface area contributed by atoms with Gasteiger partial charge in [-0.1, -0.05) is 36.4 Å². The summed E-state index contributed by atoms with van der Waals surface area (Å²) in [5.41, 5.74) is 1.33. The fourth-order valence-electron chi connectivity index (χ4n) is 2.05. The van der Waals surface area contributed by atoms with Crippen LogP contribution in [-0.4, -0.2) is 11.0 Å². The molecule has 3 aromatic rings. The molecule has 0 bridgehead atoms. The lowest BCUT2D eigenvalue weighted by Crippen LogP contribution is -2.09. The maximum Gasteiger partial charge on any atom is 0.344 e. The van der Waals surface area contributed by atoms with Crippen molar-refractivity contribution in [3.63, 3.8) is 0 Å². The van der Waals surface area contributed by atoms with Gasteiger partial charge in [-0.3, -0.25) is 0 Å². The fraction of sp³-hybridized carbons (Fsp3) is 0.0588. The van der Waals surface area contributed by atoms with Gasteiger partial charge in [0.05, 0.1) is 5.56 Å². The lowest BCUT2D eigenvalue weighted by Gasteiger charge is -2.05. The van der Waals surface area contributed by atoms with Gasteiger partial charge in [-0.15, -0.1) is 0 Å². The Labute approximate surface area is 116 Å². The van der Waals surface area contributed by atoms with Gasteiger partial charge < -0.3 is 4.74 Å². The van der Waals surface area contributed by atoms with E-state index in [0.717, 1.165) is 16.5 Å². The topological polar surface area (TPSA) is 39.2 Å². The van der Waals surface area contributed by atoms with Gasteiger partial charge in [0.1, 0.15) is 0 Å². The molecule has 3 rings (SSSR count). The van der Waals surface area contributed by atoms with Crippen LogP contribution in [-0.2, 0) is 0 Å². The first-order valence-electron chi connectivity index (χ1n) is 6.37. The first kappa shape index (κ1) is 12.4. The predicted molar refractivity (Wildman–Crippen MR) is 77.9 cm³/mol. The molecule has 0 unspecified atom stereocenters. The second kappa shape index (κ2) is 5.13. The van der Waals surface area contributed by atoms with E-state index >= 15 is 0 Å². The number of esters is 1. The molecule has 0 aliphatic carbocycles. The lowest BCUT2D eigenvalue weighted by molar-refractivity contribution is 0.0727. The average molecular weight is 263 g/mol. The number of nitrogens with zero attached hydrogens (tertiary/aromatic N) is 1. The molecular formula is C17H13NO2. The first-order chi connectivity index (χ1) is 9.72. The minimum atomic E-state index is -0.395. The van der Waals surface area contributed by atoms with E-state index < -0.39 is 5.97 Å². The quantitative estimate of drug-likeness (QED) is 0.661. The van der Waals surface area contributed by atoms with E-state index in [1.54, 1.807) is 12.1 Å². The van der Waals surface area contributed by atoms with Crippen LogP contribution < -0.4 is 4.74 Å². The Hall–Kier alpha value is -2.68. The molecule has 3 heteroatoms. The molecule has 0 spiro atoms. The standard InChI is InChI=1S/C17H13NO2/c1-12-5-4-8-16(18-12)20-17(19)15-10-9-13-6-2-3-7-14(13)11-15/h2-11H,1H3. The summed E-state index contributed by atoms with van der Waals surface area (Å²) in [4.78, 5) is 16.3. The third kappa shape index (κ3) is 2.52. The highest BCUT2D eigenvalue weighted by molar-refractivity contribution is 5.96. The summed E-state index contributed by atoms with van der Waals surface area (Å²) < 4.78 is 5.28. The summed E-state index contributed by atoms with van der Waals surface area (Å²) in [7, 11) is 0. The van der Waals surface area contributed by atoms with Crippen molar-refractivity contribution < 1.29 is 9.53 Å². The van der Waals surface area contributed by atoms with Gasteiger partial charge in [0, 0.05) is 11.8 Å². The molecule has 98 valence electrons. The summed E-state index contributed by atoms with van der Waals surface area (Å²) in [6.45, 7) is 1.85. The number of aromatic nitrogens is 1. The van der Waals surface area contributed by atoms with Crippen LogP contribution in [0.15, 0.2) is 60.7 Å². The second-order valence-corrected chi connectivity index (χ2v) is 4.57. The highest BCUT2D eigenvalue weighted by atomic mass is 16.5. The SMILES string of the molecule is Cc1cccc(OC(=O)c2ccc3ccccc3c2)n1. The molecule has 20 heavy (non-hydrogen) atoms. The first-order valence-corrected chi connectivity index (χ1v) is 6.37. The van der Waals surface area contributed by atoms with E-state index in [0.29, 0.717) is 11.4 Å². The number of benzene rings is 2. The maximum atomic E-state index is 12.1. The van der Waals surface area contributed by atoms with Gasteiger partial charge in [0.2, 0.25) is 5.88 Å². The van der Waals surface area contributed by atoms with Crippen LogP contribution in [0.5, 0.6) is 5.88 Å². The smallest absolute Gasteiger partial charge is 0.344 e. The highest BCUT2D eigenvalue weighted by Gasteiger charge is 2.10.